The molecule has 0 N–H and O–H groups in total. The molecule has 2 aromatic carbocycles. The smallest absolute Gasteiger partial charge is 0.208 e. The monoisotopic (exact) mass is 357 g/mol. The lowest BCUT2D eigenvalue weighted by molar-refractivity contribution is 0.589. The maximum absolute atomic E-state index is 13.7. The van der Waals surface area contributed by atoms with E-state index in [9.17, 15) is 12.8 Å². The van der Waals surface area contributed by atoms with Gasteiger partial charge in [-0.2, -0.15) is 5.26 Å². The first kappa shape index (κ1) is 17.9. The van der Waals surface area contributed by atoms with Gasteiger partial charge in [0.15, 0.2) is 0 Å². The molecule has 0 heterocycles. The average Bonchev–Trinajstić information content (AvgIpc) is 2.52. The Labute approximate surface area is 142 Å². The van der Waals surface area contributed by atoms with Crippen LogP contribution < -0.4 is 0 Å². The maximum atomic E-state index is 13.7. The van der Waals surface area contributed by atoms with Gasteiger partial charge in [0.25, 0.3) is 0 Å². The summed E-state index contributed by atoms with van der Waals surface area (Å²) in [4.78, 5) is -0.340. The normalized spacial score (nSPS) is 11.3. The first-order valence-corrected chi connectivity index (χ1v) is 12.2. The summed E-state index contributed by atoms with van der Waals surface area (Å²) in [5.41, 5.74) is 3.27. The third kappa shape index (κ3) is 3.91. The molecule has 0 aliphatic rings. The van der Waals surface area contributed by atoms with E-state index in [2.05, 4.69) is 31.1 Å². The maximum Gasteiger partial charge on any atom is 0.208 e. The molecule has 122 valence electrons. The Hall–Kier alpha value is -2.41. The summed E-state index contributed by atoms with van der Waals surface area (Å²) in [6.07, 6.45) is 0. The Morgan fingerprint density at radius 2 is 1.75 bits per heavy atom. The number of benzene rings is 2. The number of halogens is 1. The molecule has 0 saturated carbocycles. The average molecular weight is 357 g/mol. The molecule has 0 saturated heterocycles. The predicted molar refractivity (Wildman–Crippen MR) is 93.2 cm³/mol. The second-order valence-corrected chi connectivity index (χ2v) is 12.9. The van der Waals surface area contributed by atoms with E-state index in [-0.39, 0.29) is 9.79 Å². The van der Waals surface area contributed by atoms with Crippen molar-refractivity contribution >= 4 is 17.9 Å². The first-order chi connectivity index (χ1) is 11.1. The summed E-state index contributed by atoms with van der Waals surface area (Å²) in [7, 11) is -5.59. The molecule has 0 unspecified atom stereocenters. The minimum absolute atomic E-state index is 0.00743. The Morgan fingerprint density at radius 3 is 2.38 bits per heavy atom. The molecule has 0 amide bonds. The number of hydrogen-bond acceptors (Lipinski definition) is 3. The van der Waals surface area contributed by atoms with Crippen LogP contribution in [-0.2, 0) is 9.84 Å². The van der Waals surface area contributed by atoms with Gasteiger partial charge >= 0.3 is 0 Å². The fourth-order valence-corrected chi connectivity index (χ4v) is 3.95. The summed E-state index contributed by atoms with van der Waals surface area (Å²) in [5, 5.41) is 9.07. The molecule has 6 heteroatoms. The number of nitrogens with zero attached hydrogens (tertiary/aromatic N) is 1. The van der Waals surface area contributed by atoms with Crippen molar-refractivity contribution in [2.75, 3.05) is 0 Å². The van der Waals surface area contributed by atoms with Crippen LogP contribution in [0, 0.1) is 28.6 Å². The molecule has 0 aliphatic carbocycles. The minimum atomic E-state index is -4.00. The van der Waals surface area contributed by atoms with Crippen LogP contribution in [0.4, 0.5) is 4.39 Å². The van der Waals surface area contributed by atoms with Crippen LogP contribution in [0.25, 0.3) is 0 Å². The molecule has 2 rings (SSSR count). The number of rotatable bonds is 2. The molecule has 0 radical (unpaired) electrons. The summed E-state index contributed by atoms with van der Waals surface area (Å²) in [5.74, 6) is 2.14. The largest absolute Gasteiger partial charge is 0.218 e. The van der Waals surface area contributed by atoms with Crippen molar-refractivity contribution in [1.82, 2.24) is 0 Å². The molecule has 0 fully saturated rings. The Balaban J connectivity index is 2.58. The molecular weight excluding hydrogens is 341 g/mol. The number of sulfone groups is 1. The van der Waals surface area contributed by atoms with Crippen molar-refractivity contribution in [1.29, 1.82) is 5.26 Å². The highest BCUT2D eigenvalue weighted by molar-refractivity contribution is 7.91. The Kier molecular flexibility index (Phi) is 4.93. The SMILES string of the molecule is C[Si](C)(C)C#Cc1cccc(S(=O)(=O)c2cccc(F)c2C#N)c1. The van der Waals surface area contributed by atoms with Crippen LogP contribution in [0.1, 0.15) is 11.1 Å². The highest BCUT2D eigenvalue weighted by Crippen LogP contribution is 2.25. The van der Waals surface area contributed by atoms with E-state index < -0.39 is 29.3 Å². The van der Waals surface area contributed by atoms with Gasteiger partial charge < -0.3 is 0 Å². The van der Waals surface area contributed by atoms with Gasteiger partial charge in [0.05, 0.1) is 9.79 Å². The van der Waals surface area contributed by atoms with E-state index in [1.54, 1.807) is 18.2 Å². The second-order valence-electron chi connectivity index (χ2n) is 6.26. The molecule has 3 nitrogen and oxygen atoms in total. The highest BCUT2D eigenvalue weighted by Gasteiger charge is 2.23. The molecule has 0 aromatic heterocycles. The fraction of sp³-hybridized carbons (Fsp3) is 0.167. The first-order valence-electron chi connectivity index (χ1n) is 7.22. The van der Waals surface area contributed by atoms with E-state index in [0.29, 0.717) is 5.56 Å². The lowest BCUT2D eigenvalue weighted by Gasteiger charge is -2.08. The number of nitriles is 1. The standard InChI is InChI=1S/C18H16FNO2SSi/c1-24(2,3)11-10-14-6-4-7-15(12-14)23(21,22)18-9-5-8-17(19)16(18)13-20/h4-9,12H,1-3H3. The van der Waals surface area contributed by atoms with Crippen LogP contribution in [0.5, 0.6) is 0 Å². The van der Waals surface area contributed by atoms with Crippen molar-refractivity contribution in [2.45, 2.75) is 29.4 Å². The molecule has 2 aromatic rings. The topological polar surface area (TPSA) is 57.9 Å². The van der Waals surface area contributed by atoms with Gasteiger partial charge in [-0.25, -0.2) is 12.8 Å². The molecule has 24 heavy (non-hydrogen) atoms. The molecule has 0 atom stereocenters. The van der Waals surface area contributed by atoms with Gasteiger partial charge in [0, 0.05) is 5.56 Å². The zero-order valence-electron chi connectivity index (χ0n) is 13.6. The van der Waals surface area contributed by atoms with Crippen molar-refractivity contribution in [3.63, 3.8) is 0 Å². The summed E-state index contributed by atoms with van der Waals surface area (Å²) < 4.78 is 39.2. The summed E-state index contributed by atoms with van der Waals surface area (Å²) in [6.45, 7) is 6.27. The van der Waals surface area contributed by atoms with Crippen molar-refractivity contribution in [3.05, 3.63) is 59.4 Å². The molecule has 0 aliphatic heterocycles. The number of hydrogen-bond donors (Lipinski definition) is 0. The highest BCUT2D eigenvalue weighted by atomic mass is 32.2. The van der Waals surface area contributed by atoms with E-state index in [0.717, 1.165) is 6.07 Å². The van der Waals surface area contributed by atoms with Gasteiger partial charge in [-0.1, -0.05) is 37.7 Å². The quantitative estimate of drug-likeness (QED) is 0.607. The van der Waals surface area contributed by atoms with Crippen LogP contribution in [0.3, 0.4) is 0 Å². The van der Waals surface area contributed by atoms with Gasteiger partial charge in [-0.15, -0.1) is 5.54 Å². The lowest BCUT2D eigenvalue weighted by atomic mass is 10.2. The van der Waals surface area contributed by atoms with Crippen molar-refractivity contribution in [3.8, 4) is 17.5 Å². The molecular formula is C18H16FNO2SSi. The lowest BCUT2D eigenvalue weighted by Crippen LogP contribution is -2.16. The summed E-state index contributed by atoms with van der Waals surface area (Å²) >= 11 is 0. The van der Waals surface area contributed by atoms with Crippen molar-refractivity contribution in [2.24, 2.45) is 0 Å². The molecule has 0 spiro atoms. The fourth-order valence-electron chi connectivity index (χ4n) is 1.96. The Morgan fingerprint density at radius 1 is 1.08 bits per heavy atom. The Bertz CT molecular complexity index is 990. The van der Waals surface area contributed by atoms with Crippen LogP contribution in [-0.4, -0.2) is 16.5 Å². The van der Waals surface area contributed by atoms with Crippen LogP contribution in [0.2, 0.25) is 19.6 Å². The van der Waals surface area contributed by atoms with Gasteiger partial charge in [-0.3, -0.25) is 0 Å². The van der Waals surface area contributed by atoms with E-state index in [4.69, 9.17) is 5.26 Å². The van der Waals surface area contributed by atoms with E-state index in [1.807, 2.05) is 0 Å². The van der Waals surface area contributed by atoms with Crippen LogP contribution >= 0.6 is 0 Å². The van der Waals surface area contributed by atoms with E-state index >= 15 is 0 Å². The van der Waals surface area contributed by atoms with Gasteiger partial charge in [-0.05, 0) is 30.3 Å². The summed E-state index contributed by atoms with van der Waals surface area (Å²) in [6, 6.07) is 11.4. The van der Waals surface area contributed by atoms with Crippen LogP contribution in [0.15, 0.2) is 52.3 Å². The minimum Gasteiger partial charge on any atom is -0.218 e. The van der Waals surface area contributed by atoms with E-state index in [1.165, 1.54) is 24.3 Å². The third-order valence-corrected chi connectivity index (χ3v) is 5.77. The zero-order valence-corrected chi connectivity index (χ0v) is 15.4. The zero-order chi connectivity index (χ0) is 18.0. The van der Waals surface area contributed by atoms with Gasteiger partial charge in [0.1, 0.15) is 25.5 Å². The third-order valence-electron chi connectivity index (χ3n) is 3.10. The second kappa shape index (κ2) is 6.60. The van der Waals surface area contributed by atoms with Gasteiger partial charge in [0.2, 0.25) is 9.84 Å². The predicted octanol–water partition coefficient (Wildman–Crippen LogP) is 3.76. The molecule has 0 bridgehead atoms. The van der Waals surface area contributed by atoms with Crippen molar-refractivity contribution < 1.29 is 12.8 Å².